The highest BCUT2D eigenvalue weighted by molar-refractivity contribution is 14.1. The van der Waals surface area contributed by atoms with Gasteiger partial charge in [-0.15, -0.1) is 0 Å². The number of hydrogen-bond acceptors (Lipinski definition) is 5. The van der Waals surface area contributed by atoms with E-state index >= 15 is 0 Å². The molecule has 3 rings (SSSR count). The summed E-state index contributed by atoms with van der Waals surface area (Å²) in [4.78, 5) is 27.7. The summed E-state index contributed by atoms with van der Waals surface area (Å²) >= 11 is 2.13. The second-order valence-corrected chi connectivity index (χ2v) is 10.2. The number of benzene rings is 2. The highest BCUT2D eigenvalue weighted by Gasteiger charge is 2.40. The Hall–Kier alpha value is -2.50. The minimum Gasteiger partial charge on any atom is -0.482 e. The highest BCUT2D eigenvalue weighted by Crippen LogP contribution is 2.30. The van der Waals surface area contributed by atoms with Crippen LogP contribution in [0.3, 0.4) is 0 Å². The number of halogens is 2. The predicted molar refractivity (Wildman–Crippen MR) is 143 cm³/mol. The summed E-state index contributed by atoms with van der Waals surface area (Å²) in [5.74, 6) is -0.726. The van der Waals surface area contributed by atoms with Gasteiger partial charge in [-0.2, -0.15) is 0 Å². The van der Waals surface area contributed by atoms with E-state index in [2.05, 4.69) is 27.9 Å². The van der Waals surface area contributed by atoms with Crippen LogP contribution in [0.5, 0.6) is 5.75 Å². The number of nitrogens with zero attached hydrogens (tertiary/aromatic N) is 1. The van der Waals surface area contributed by atoms with E-state index in [4.69, 9.17) is 9.84 Å². The zero-order valence-electron chi connectivity index (χ0n) is 20.4. The molecule has 0 aromatic heterocycles. The third-order valence-corrected chi connectivity index (χ3v) is 6.91. The Morgan fingerprint density at radius 1 is 1.22 bits per heavy atom. The van der Waals surface area contributed by atoms with Crippen LogP contribution in [0.15, 0.2) is 60.2 Å². The summed E-state index contributed by atoms with van der Waals surface area (Å²) in [6.45, 7) is 3.66. The number of para-hydroxylation sites is 1. The summed E-state index contributed by atoms with van der Waals surface area (Å²) in [6.07, 6.45) is 0.0988. The first-order valence-corrected chi connectivity index (χ1v) is 13.0. The molecule has 9 heteroatoms. The molecule has 36 heavy (non-hydrogen) atoms. The first-order valence-electron chi connectivity index (χ1n) is 11.9. The molecule has 2 amide bonds. The number of ether oxygens (including phenoxy) is 1. The van der Waals surface area contributed by atoms with Crippen LogP contribution in [-0.4, -0.2) is 64.9 Å². The number of carbonyl (C=O) groups is 2. The minimum atomic E-state index is -1.11. The maximum absolute atomic E-state index is 13.7. The lowest BCUT2D eigenvalue weighted by molar-refractivity contribution is -0.141. The maximum atomic E-state index is 13.7. The Kier molecular flexibility index (Phi) is 10.3. The number of aliphatic hydroxyl groups is 2. The van der Waals surface area contributed by atoms with Gasteiger partial charge in [0.1, 0.15) is 23.8 Å². The normalized spacial score (nSPS) is 19.5. The summed E-state index contributed by atoms with van der Waals surface area (Å²) in [6, 6.07) is 12.8. The van der Waals surface area contributed by atoms with Crippen LogP contribution in [0.2, 0.25) is 0 Å². The molecule has 0 saturated carbocycles. The van der Waals surface area contributed by atoms with Crippen molar-refractivity contribution in [2.75, 3.05) is 19.7 Å². The summed E-state index contributed by atoms with van der Waals surface area (Å²) < 4.78 is 20.7. The van der Waals surface area contributed by atoms with Crippen molar-refractivity contribution in [1.82, 2.24) is 10.2 Å². The molecular weight excluding hydrogens is 578 g/mol. The van der Waals surface area contributed by atoms with Gasteiger partial charge >= 0.3 is 0 Å². The van der Waals surface area contributed by atoms with Crippen LogP contribution in [0.25, 0.3) is 0 Å². The maximum Gasteiger partial charge on any atom is 0.247 e. The average molecular weight is 610 g/mol. The first-order chi connectivity index (χ1) is 17.2. The van der Waals surface area contributed by atoms with Crippen LogP contribution in [0, 0.1) is 15.3 Å². The Labute approximate surface area is 224 Å². The summed E-state index contributed by atoms with van der Waals surface area (Å²) in [5, 5.41) is 23.2. The minimum absolute atomic E-state index is 0.0830. The molecule has 3 atom stereocenters. The van der Waals surface area contributed by atoms with Gasteiger partial charge in [0.25, 0.3) is 0 Å². The quantitative estimate of drug-likeness (QED) is 0.360. The molecule has 2 aromatic rings. The van der Waals surface area contributed by atoms with E-state index in [1.807, 2.05) is 18.2 Å². The van der Waals surface area contributed by atoms with E-state index in [1.165, 1.54) is 12.1 Å². The molecule has 0 aliphatic heterocycles. The Morgan fingerprint density at radius 3 is 2.64 bits per heavy atom. The Balaban J connectivity index is 1.93. The summed E-state index contributed by atoms with van der Waals surface area (Å²) in [5.41, 5.74) is 1.09. The van der Waals surface area contributed by atoms with Gasteiger partial charge in [0.05, 0.1) is 16.2 Å². The number of nitrogens with one attached hydrogen (secondary N) is 1. The fourth-order valence-electron chi connectivity index (χ4n) is 4.18. The smallest absolute Gasteiger partial charge is 0.247 e. The van der Waals surface area contributed by atoms with Crippen molar-refractivity contribution >= 4 is 34.4 Å². The van der Waals surface area contributed by atoms with Gasteiger partial charge < -0.3 is 25.2 Å². The zero-order valence-corrected chi connectivity index (χ0v) is 22.5. The van der Waals surface area contributed by atoms with Crippen molar-refractivity contribution in [3.63, 3.8) is 0 Å². The monoisotopic (exact) mass is 610 g/mol. The van der Waals surface area contributed by atoms with Crippen molar-refractivity contribution in [2.45, 2.75) is 44.9 Å². The number of hydrogen-bond donors (Lipinski definition) is 3. The third kappa shape index (κ3) is 7.27. The fraction of sp³-hybridized carbons (Fsp3) is 0.407. The molecule has 0 saturated heterocycles. The van der Waals surface area contributed by atoms with Gasteiger partial charge in [0.15, 0.2) is 0 Å². The number of carbonyl (C=O) groups excluding carboxylic acids is 2. The number of rotatable bonds is 10. The molecule has 3 N–H and O–H groups in total. The Morgan fingerprint density at radius 2 is 1.97 bits per heavy atom. The molecule has 0 spiro atoms. The van der Waals surface area contributed by atoms with Crippen molar-refractivity contribution in [3.8, 4) is 5.75 Å². The summed E-state index contributed by atoms with van der Waals surface area (Å²) in [7, 11) is 0. The van der Waals surface area contributed by atoms with Crippen molar-refractivity contribution < 1.29 is 28.9 Å². The molecular formula is C27H32FIN2O5. The lowest BCUT2D eigenvalue weighted by Gasteiger charge is -2.41. The van der Waals surface area contributed by atoms with E-state index in [0.717, 1.165) is 9.13 Å². The molecule has 0 radical (unpaired) electrons. The number of amides is 2. The van der Waals surface area contributed by atoms with E-state index in [0.29, 0.717) is 17.7 Å². The molecule has 3 unspecified atom stereocenters. The van der Waals surface area contributed by atoms with E-state index < -0.39 is 18.2 Å². The van der Waals surface area contributed by atoms with E-state index in [9.17, 15) is 19.1 Å². The first kappa shape index (κ1) is 28.1. The van der Waals surface area contributed by atoms with E-state index in [-0.39, 0.29) is 49.7 Å². The largest absolute Gasteiger partial charge is 0.482 e. The predicted octanol–water partition coefficient (Wildman–Crippen LogP) is 3.07. The van der Waals surface area contributed by atoms with Gasteiger partial charge in [0.2, 0.25) is 11.8 Å². The van der Waals surface area contributed by atoms with E-state index in [1.54, 1.807) is 43.0 Å². The molecule has 0 bridgehead atoms. The second kappa shape index (κ2) is 13.2. The van der Waals surface area contributed by atoms with Crippen LogP contribution in [0.1, 0.15) is 25.8 Å². The van der Waals surface area contributed by atoms with Gasteiger partial charge in [0, 0.05) is 31.0 Å². The lowest BCUT2D eigenvalue weighted by atomic mass is 9.87. The van der Waals surface area contributed by atoms with Crippen LogP contribution < -0.4 is 10.1 Å². The van der Waals surface area contributed by atoms with Gasteiger partial charge in [-0.1, -0.05) is 38.1 Å². The van der Waals surface area contributed by atoms with Crippen LogP contribution in [0.4, 0.5) is 4.39 Å². The molecule has 0 fully saturated rings. The average Bonchev–Trinajstić information content (AvgIpc) is 2.85. The van der Waals surface area contributed by atoms with Crippen LogP contribution in [-0.2, 0) is 16.0 Å². The lowest BCUT2D eigenvalue weighted by Crippen LogP contribution is -2.56. The molecule has 2 aromatic carbocycles. The van der Waals surface area contributed by atoms with Crippen LogP contribution >= 0.6 is 22.6 Å². The fourth-order valence-corrected chi connectivity index (χ4v) is 4.69. The molecule has 0 heterocycles. The van der Waals surface area contributed by atoms with Gasteiger partial charge in [-0.25, -0.2) is 4.39 Å². The zero-order chi connectivity index (χ0) is 26.2. The van der Waals surface area contributed by atoms with Crippen molar-refractivity contribution in [2.24, 2.45) is 5.92 Å². The molecule has 194 valence electrons. The number of aliphatic hydroxyl groups excluding tert-OH is 2. The molecule has 1 aliphatic rings. The van der Waals surface area contributed by atoms with Crippen molar-refractivity contribution in [3.05, 3.63) is 75.1 Å². The van der Waals surface area contributed by atoms with Crippen molar-refractivity contribution in [1.29, 1.82) is 0 Å². The Bertz CT molecular complexity index is 1090. The molecule has 7 nitrogen and oxygen atoms in total. The molecule has 1 aliphatic carbocycles. The van der Waals surface area contributed by atoms with Gasteiger partial charge in [-0.05, 0) is 64.9 Å². The topological polar surface area (TPSA) is 99.1 Å². The SMILES string of the molecule is CC(C)C(=O)N(CCc1cccc(F)c1)C1CC(C(=O)NCCO)=CC(Oc2ccccc2I)C1O. The third-order valence-electron chi connectivity index (χ3n) is 6.02. The van der Waals surface area contributed by atoms with Gasteiger partial charge in [-0.3, -0.25) is 9.59 Å². The second-order valence-electron chi connectivity index (χ2n) is 9.01. The highest BCUT2D eigenvalue weighted by atomic mass is 127. The standard InChI is InChI=1S/C27H32FIN2O5/c1-17(2)27(35)31(12-10-18-6-5-7-20(28)14-18)22-15-19(26(34)30-11-13-32)16-24(25(22)33)36-23-9-4-3-8-21(23)29/h3-9,14,16-17,22,24-25,32-33H,10-13,15H2,1-2H3,(H,30,34).